The summed E-state index contributed by atoms with van der Waals surface area (Å²) in [5.74, 6) is 2.64. The van der Waals surface area contributed by atoms with Crippen LogP contribution in [-0.4, -0.2) is 87.8 Å². The van der Waals surface area contributed by atoms with Crippen LogP contribution in [0.4, 0.5) is 0 Å². The number of hydrogen-bond acceptors (Lipinski definition) is 5. The van der Waals surface area contributed by atoms with Gasteiger partial charge in [-0.05, 0) is 31.7 Å². The van der Waals surface area contributed by atoms with Crippen molar-refractivity contribution in [2.45, 2.75) is 26.3 Å². The van der Waals surface area contributed by atoms with Gasteiger partial charge < -0.3 is 25.0 Å². The van der Waals surface area contributed by atoms with E-state index in [9.17, 15) is 4.79 Å². The molecule has 0 radical (unpaired) electrons. The smallest absolute Gasteiger partial charge is 0.234 e. The zero-order chi connectivity index (χ0) is 21.9. The summed E-state index contributed by atoms with van der Waals surface area (Å²) < 4.78 is 11.0. The van der Waals surface area contributed by atoms with E-state index in [1.807, 2.05) is 18.2 Å². The lowest BCUT2D eigenvalue weighted by molar-refractivity contribution is -0.122. The van der Waals surface area contributed by atoms with Crippen molar-refractivity contribution >= 4 is 11.9 Å². The highest BCUT2D eigenvalue weighted by atomic mass is 16.5. The van der Waals surface area contributed by atoms with Crippen LogP contribution in [0, 0.1) is 5.92 Å². The van der Waals surface area contributed by atoms with Crippen molar-refractivity contribution in [2.24, 2.45) is 10.9 Å². The Hall–Kier alpha value is -2.32. The Kier molecular flexibility index (Phi) is 9.42. The summed E-state index contributed by atoms with van der Waals surface area (Å²) in [6.07, 6.45) is 2.57. The summed E-state index contributed by atoms with van der Waals surface area (Å²) in [6, 6.07) is 8.19. The molecule has 172 valence electrons. The molecule has 1 aliphatic heterocycles. The molecule has 2 N–H and O–H groups in total. The van der Waals surface area contributed by atoms with Crippen molar-refractivity contribution < 1.29 is 14.3 Å². The van der Waals surface area contributed by atoms with Crippen molar-refractivity contribution in [3.05, 3.63) is 29.8 Å². The number of methoxy groups -OCH3 is 1. The zero-order valence-electron chi connectivity index (χ0n) is 18.9. The molecule has 1 saturated heterocycles. The molecular formula is C23H37N5O3. The van der Waals surface area contributed by atoms with E-state index in [0.29, 0.717) is 26.2 Å². The number of piperazine rings is 1. The fourth-order valence-electron chi connectivity index (χ4n) is 3.52. The Labute approximate surface area is 186 Å². The van der Waals surface area contributed by atoms with Gasteiger partial charge in [-0.2, -0.15) is 0 Å². The second kappa shape index (κ2) is 12.5. The maximum Gasteiger partial charge on any atom is 0.234 e. The molecular weight excluding hydrogens is 394 g/mol. The molecule has 8 nitrogen and oxygen atoms in total. The Balaban J connectivity index is 1.50. The van der Waals surface area contributed by atoms with E-state index in [1.54, 1.807) is 7.11 Å². The Bertz CT molecular complexity index is 715. The highest BCUT2D eigenvalue weighted by molar-refractivity contribution is 5.80. The van der Waals surface area contributed by atoms with Crippen LogP contribution in [0.3, 0.4) is 0 Å². The van der Waals surface area contributed by atoms with E-state index in [1.165, 1.54) is 12.8 Å². The van der Waals surface area contributed by atoms with Crippen LogP contribution >= 0.6 is 0 Å². The number of hydrogen-bond donors (Lipinski definition) is 2. The minimum atomic E-state index is 0.0499. The van der Waals surface area contributed by atoms with Gasteiger partial charge in [0.25, 0.3) is 0 Å². The van der Waals surface area contributed by atoms with Gasteiger partial charge >= 0.3 is 0 Å². The van der Waals surface area contributed by atoms with Crippen LogP contribution in [0.5, 0.6) is 5.75 Å². The normalized spacial score (nSPS) is 17.5. The lowest BCUT2D eigenvalue weighted by Crippen LogP contribution is -2.54. The van der Waals surface area contributed by atoms with Gasteiger partial charge in [0.15, 0.2) is 5.96 Å². The predicted octanol–water partition coefficient (Wildman–Crippen LogP) is 1.32. The Morgan fingerprint density at radius 2 is 1.94 bits per heavy atom. The third-order valence-corrected chi connectivity index (χ3v) is 5.55. The first-order chi connectivity index (χ1) is 15.2. The second-order valence-corrected chi connectivity index (χ2v) is 8.14. The number of nitrogens with one attached hydrogen (secondary N) is 2. The lowest BCUT2D eigenvalue weighted by Gasteiger charge is -2.36. The molecule has 0 spiro atoms. The summed E-state index contributed by atoms with van der Waals surface area (Å²) in [5, 5.41) is 6.30. The van der Waals surface area contributed by atoms with E-state index < -0.39 is 0 Å². The number of carbonyl (C=O) groups excluding carboxylic acids is 1. The first kappa shape index (κ1) is 23.3. The fourth-order valence-corrected chi connectivity index (χ4v) is 3.52. The SMILES string of the molecule is CCNC(=NCc1ccccc1OCC1CC1)N1CCN(CC(=O)NCCOC)CC1. The summed E-state index contributed by atoms with van der Waals surface area (Å²) in [4.78, 5) is 21.4. The minimum absolute atomic E-state index is 0.0499. The molecule has 1 aliphatic carbocycles. The number of rotatable bonds is 11. The van der Waals surface area contributed by atoms with Gasteiger partial charge in [0.2, 0.25) is 5.91 Å². The van der Waals surface area contributed by atoms with Crippen molar-refractivity contribution in [3.63, 3.8) is 0 Å². The van der Waals surface area contributed by atoms with Gasteiger partial charge in [0.05, 0.1) is 26.3 Å². The summed E-state index contributed by atoms with van der Waals surface area (Å²) in [7, 11) is 1.63. The number of benzene rings is 1. The molecule has 1 aromatic rings. The molecule has 0 atom stereocenters. The monoisotopic (exact) mass is 431 g/mol. The molecule has 0 bridgehead atoms. The predicted molar refractivity (Wildman–Crippen MR) is 122 cm³/mol. The molecule has 31 heavy (non-hydrogen) atoms. The maximum atomic E-state index is 12.0. The first-order valence-electron chi connectivity index (χ1n) is 11.4. The summed E-state index contributed by atoms with van der Waals surface area (Å²) in [6.45, 7) is 9.18. The van der Waals surface area contributed by atoms with Gasteiger partial charge in [-0.3, -0.25) is 9.69 Å². The van der Waals surface area contributed by atoms with Gasteiger partial charge in [0, 0.05) is 51.9 Å². The minimum Gasteiger partial charge on any atom is -0.493 e. The average molecular weight is 432 g/mol. The highest BCUT2D eigenvalue weighted by Crippen LogP contribution is 2.30. The topological polar surface area (TPSA) is 78.4 Å². The Morgan fingerprint density at radius 1 is 1.16 bits per heavy atom. The van der Waals surface area contributed by atoms with Crippen LogP contribution in [0.15, 0.2) is 29.3 Å². The van der Waals surface area contributed by atoms with Crippen molar-refractivity contribution in [1.82, 2.24) is 20.4 Å². The second-order valence-electron chi connectivity index (χ2n) is 8.14. The van der Waals surface area contributed by atoms with Crippen LogP contribution in [0.25, 0.3) is 0 Å². The van der Waals surface area contributed by atoms with Crippen LogP contribution in [-0.2, 0) is 16.1 Å². The van der Waals surface area contributed by atoms with Gasteiger partial charge in [-0.1, -0.05) is 18.2 Å². The zero-order valence-corrected chi connectivity index (χ0v) is 18.9. The number of para-hydroxylation sites is 1. The number of ether oxygens (including phenoxy) is 2. The Morgan fingerprint density at radius 3 is 2.65 bits per heavy atom. The molecule has 3 rings (SSSR count). The molecule has 1 heterocycles. The number of aliphatic imine (C=N–C) groups is 1. The largest absolute Gasteiger partial charge is 0.493 e. The van der Waals surface area contributed by atoms with Crippen LogP contribution in [0.1, 0.15) is 25.3 Å². The molecule has 0 unspecified atom stereocenters. The van der Waals surface area contributed by atoms with Gasteiger partial charge in [-0.15, -0.1) is 0 Å². The standard InChI is InChI=1S/C23H37N5O3/c1-3-24-23(26-16-20-6-4-5-7-21(20)31-18-19-8-9-19)28-13-11-27(12-14-28)17-22(29)25-10-15-30-2/h4-7,19H,3,8-18H2,1-2H3,(H,24,26)(H,25,29). The number of carbonyl (C=O) groups is 1. The van der Waals surface area contributed by atoms with Crippen LogP contribution in [0.2, 0.25) is 0 Å². The maximum absolute atomic E-state index is 12.0. The molecule has 2 aliphatic rings. The molecule has 2 fully saturated rings. The quantitative estimate of drug-likeness (QED) is 0.313. The molecule has 1 saturated carbocycles. The third kappa shape index (κ3) is 8.03. The number of amides is 1. The molecule has 0 aromatic heterocycles. The number of nitrogens with zero attached hydrogens (tertiary/aromatic N) is 3. The highest BCUT2D eigenvalue weighted by Gasteiger charge is 2.23. The number of guanidine groups is 1. The third-order valence-electron chi connectivity index (χ3n) is 5.55. The van der Waals surface area contributed by atoms with Gasteiger partial charge in [-0.25, -0.2) is 4.99 Å². The summed E-state index contributed by atoms with van der Waals surface area (Å²) in [5.41, 5.74) is 1.12. The summed E-state index contributed by atoms with van der Waals surface area (Å²) >= 11 is 0. The molecule has 1 aromatic carbocycles. The first-order valence-corrected chi connectivity index (χ1v) is 11.4. The van der Waals surface area contributed by atoms with Crippen molar-refractivity contribution in [1.29, 1.82) is 0 Å². The average Bonchev–Trinajstić information content (AvgIpc) is 3.61. The van der Waals surface area contributed by atoms with Gasteiger partial charge in [0.1, 0.15) is 5.75 Å². The van der Waals surface area contributed by atoms with Crippen molar-refractivity contribution in [3.8, 4) is 5.75 Å². The van der Waals surface area contributed by atoms with E-state index >= 15 is 0 Å². The molecule has 8 heteroatoms. The van der Waals surface area contributed by atoms with Crippen molar-refractivity contribution in [2.75, 3.05) is 66.1 Å². The van der Waals surface area contributed by atoms with E-state index in [4.69, 9.17) is 14.5 Å². The van der Waals surface area contributed by atoms with Crippen LogP contribution < -0.4 is 15.4 Å². The van der Waals surface area contributed by atoms with E-state index in [0.717, 1.165) is 62.5 Å². The fraction of sp³-hybridized carbons (Fsp3) is 0.652. The molecule has 1 amide bonds. The van der Waals surface area contributed by atoms with E-state index in [-0.39, 0.29) is 5.91 Å². The van der Waals surface area contributed by atoms with E-state index in [2.05, 4.69) is 33.4 Å². The lowest BCUT2D eigenvalue weighted by atomic mass is 10.2.